The standard InChI is InChI=1S/C14H12Cl2N2O/c1-8-4-3-5-9(2)12(8)18-14(19)10-6-11(15)13(16)17-7-10/h3-7H,1-2H3,(H,18,19). The highest BCUT2D eigenvalue weighted by molar-refractivity contribution is 6.41. The van der Waals surface area contributed by atoms with E-state index >= 15 is 0 Å². The molecular weight excluding hydrogens is 283 g/mol. The number of para-hydroxylation sites is 1. The van der Waals surface area contributed by atoms with Gasteiger partial charge in [-0.15, -0.1) is 0 Å². The highest BCUT2D eigenvalue weighted by Gasteiger charge is 2.11. The number of nitrogens with one attached hydrogen (secondary N) is 1. The van der Waals surface area contributed by atoms with Crippen LogP contribution < -0.4 is 5.32 Å². The van der Waals surface area contributed by atoms with Crippen molar-refractivity contribution in [2.75, 3.05) is 5.32 Å². The molecule has 0 saturated heterocycles. The summed E-state index contributed by atoms with van der Waals surface area (Å²) in [6.45, 7) is 3.88. The Bertz CT molecular complexity index is 621. The minimum Gasteiger partial charge on any atom is -0.321 e. The van der Waals surface area contributed by atoms with Crippen LogP contribution in [0.5, 0.6) is 0 Å². The Morgan fingerprint density at radius 3 is 2.42 bits per heavy atom. The molecule has 1 aromatic heterocycles. The molecule has 0 spiro atoms. The summed E-state index contributed by atoms with van der Waals surface area (Å²) in [5, 5.41) is 3.31. The number of aryl methyl sites for hydroxylation is 2. The van der Waals surface area contributed by atoms with Gasteiger partial charge in [0, 0.05) is 11.9 Å². The molecule has 5 heteroatoms. The van der Waals surface area contributed by atoms with Crippen LogP contribution >= 0.6 is 23.2 Å². The predicted molar refractivity (Wildman–Crippen MR) is 78.1 cm³/mol. The Morgan fingerprint density at radius 1 is 1.21 bits per heavy atom. The van der Waals surface area contributed by atoms with Crippen molar-refractivity contribution in [2.24, 2.45) is 0 Å². The lowest BCUT2D eigenvalue weighted by molar-refractivity contribution is 0.102. The number of hydrogen-bond donors (Lipinski definition) is 1. The smallest absolute Gasteiger partial charge is 0.257 e. The van der Waals surface area contributed by atoms with Gasteiger partial charge in [0.2, 0.25) is 0 Å². The van der Waals surface area contributed by atoms with Crippen LogP contribution in [0.1, 0.15) is 21.5 Å². The monoisotopic (exact) mass is 294 g/mol. The van der Waals surface area contributed by atoms with Crippen molar-refractivity contribution in [2.45, 2.75) is 13.8 Å². The summed E-state index contributed by atoms with van der Waals surface area (Å²) < 4.78 is 0. The zero-order chi connectivity index (χ0) is 14.0. The van der Waals surface area contributed by atoms with Crippen molar-refractivity contribution in [1.82, 2.24) is 4.98 Å². The number of halogens is 2. The van der Waals surface area contributed by atoms with Gasteiger partial charge in [-0.05, 0) is 31.0 Å². The first kappa shape index (κ1) is 13.8. The molecule has 2 rings (SSSR count). The fraction of sp³-hybridized carbons (Fsp3) is 0.143. The van der Waals surface area contributed by atoms with Crippen LogP contribution in [0.15, 0.2) is 30.5 Å². The molecule has 1 amide bonds. The summed E-state index contributed by atoms with van der Waals surface area (Å²) in [5.41, 5.74) is 3.18. The van der Waals surface area contributed by atoms with E-state index in [1.165, 1.54) is 12.3 Å². The van der Waals surface area contributed by atoms with Crippen LogP contribution in [-0.4, -0.2) is 10.9 Å². The number of nitrogens with zero attached hydrogens (tertiary/aromatic N) is 1. The number of amides is 1. The molecule has 0 unspecified atom stereocenters. The van der Waals surface area contributed by atoms with E-state index in [1.807, 2.05) is 32.0 Å². The van der Waals surface area contributed by atoms with Gasteiger partial charge in [0.1, 0.15) is 5.15 Å². The first-order chi connectivity index (χ1) is 8.99. The lowest BCUT2D eigenvalue weighted by Gasteiger charge is -2.11. The molecule has 1 aromatic carbocycles. The number of aromatic nitrogens is 1. The predicted octanol–water partition coefficient (Wildman–Crippen LogP) is 4.26. The van der Waals surface area contributed by atoms with Crippen molar-refractivity contribution < 1.29 is 4.79 Å². The Hall–Kier alpha value is -1.58. The molecule has 0 fully saturated rings. The van der Waals surface area contributed by atoms with Crippen molar-refractivity contribution >= 4 is 34.8 Å². The topological polar surface area (TPSA) is 42.0 Å². The van der Waals surface area contributed by atoms with Gasteiger partial charge in [-0.1, -0.05) is 41.4 Å². The summed E-state index contributed by atoms with van der Waals surface area (Å²) in [6.07, 6.45) is 1.40. The van der Waals surface area contributed by atoms with Crippen molar-refractivity contribution in [1.29, 1.82) is 0 Å². The van der Waals surface area contributed by atoms with Crippen LogP contribution in [0.3, 0.4) is 0 Å². The van der Waals surface area contributed by atoms with E-state index in [0.717, 1.165) is 16.8 Å². The van der Waals surface area contributed by atoms with E-state index in [0.29, 0.717) is 5.56 Å². The molecule has 0 atom stereocenters. The summed E-state index contributed by atoms with van der Waals surface area (Å²) in [4.78, 5) is 16.0. The Labute approximate surface area is 121 Å². The molecule has 0 aliphatic heterocycles. The van der Waals surface area contributed by atoms with Gasteiger partial charge >= 0.3 is 0 Å². The number of benzene rings is 1. The quantitative estimate of drug-likeness (QED) is 0.841. The normalized spacial score (nSPS) is 10.3. The third-order valence-corrected chi connectivity index (χ3v) is 3.46. The number of carbonyl (C=O) groups excluding carboxylic acids is 1. The Kier molecular flexibility index (Phi) is 4.08. The Morgan fingerprint density at radius 2 is 1.84 bits per heavy atom. The molecule has 0 aliphatic carbocycles. The lowest BCUT2D eigenvalue weighted by Crippen LogP contribution is -2.14. The molecule has 0 bridgehead atoms. The fourth-order valence-corrected chi connectivity index (χ4v) is 2.01. The molecular formula is C14H12Cl2N2O. The second-order valence-electron chi connectivity index (χ2n) is 4.22. The lowest BCUT2D eigenvalue weighted by atomic mass is 10.1. The zero-order valence-electron chi connectivity index (χ0n) is 10.5. The summed E-state index contributed by atoms with van der Waals surface area (Å²) >= 11 is 11.6. The largest absolute Gasteiger partial charge is 0.321 e. The maximum absolute atomic E-state index is 12.1. The minimum atomic E-state index is -0.261. The van der Waals surface area contributed by atoms with Crippen LogP contribution in [0.25, 0.3) is 0 Å². The zero-order valence-corrected chi connectivity index (χ0v) is 12.0. The first-order valence-electron chi connectivity index (χ1n) is 5.67. The minimum absolute atomic E-state index is 0.185. The molecule has 2 aromatic rings. The third kappa shape index (κ3) is 3.06. The second kappa shape index (κ2) is 5.59. The first-order valence-corrected chi connectivity index (χ1v) is 6.43. The van der Waals surface area contributed by atoms with Crippen LogP contribution in [-0.2, 0) is 0 Å². The molecule has 0 saturated carbocycles. The number of anilines is 1. The number of pyridine rings is 1. The second-order valence-corrected chi connectivity index (χ2v) is 4.98. The molecule has 0 radical (unpaired) electrons. The van der Waals surface area contributed by atoms with E-state index in [1.54, 1.807) is 0 Å². The molecule has 1 N–H and O–H groups in total. The molecule has 19 heavy (non-hydrogen) atoms. The van der Waals surface area contributed by atoms with Crippen LogP contribution in [0, 0.1) is 13.8 Å². The average Bonchev–Trinajstić information content (AvgIpc) is 2.37. The van der Waals surface area contributed by atoms with Gasteiger partial charge in [0.15, 0.2) is 0 Å². The maximum atomic E-state index is 12.1. The summed E-state index contributed by atoms with van der Waals surface area (Å²) in [7, 11) is 0. The van der Waals surface area contributed by atoms with Gasteiger partial charge in [-0.3, -0.25) is 4.79 Å². The van der Waals surface area contributed by atoms with Gasteiger partial charge in [0.25, 0.3) is 5.91 Å². The molecule has 3 nitrogen and oxygen atoms in total. The van der Waals surface area contributed by atoms with E-state index in [4.69, 9.17) is 23.2 Å². The van der Waals surface area contributed by atoms with E-state index in [-0.39, 0.29) is 16.1 Å². The van der Waals surface area contributed by atoms with Gasteiger partial charge in [-0.25, -0.2) is 4.98 Å². The van der Waals surface area contributed by atoms with Crippen molar-refractivity contribution in [3.8, 4) is 0 Å². The number of hydrogen-bond acceptors (Lipinski definition) is 2. The highest BCUT2D eigenvalue weighted by atomic mass is 35.5. The van der Waals surface area contributed by atoms with Gasteiger partial charge in [0.05, 0.1) is 10.6 Å². The van der Waals surface area contributed by atoms with Crippen LogP contribution in [0.2, 0.25) is 10.2 Å². The average molecular weight is 295 g/mol. The maximum Gasteiger partial charge on any atom is 0.257 e. The van der Waals surface area contributed by atoms with Crippen molar-refractivity contribution in [3.63, 3.8) is 0 Å². The molecule has 0 aliphatic rings. The number of carbonyl (C=O) groups is 1. The SMILES string of the molecule is Cc1cccc(C)c1NC(=O)c1cnc(Cl)c(Cl)c1. The van der Waals surface area contributed by atoms with Gasteiger partial charge in [-0.2, -0.15) is 0 Å². The number of rotatable bonds is 2. The summed E-state index contributed by atoms with van der Waals surface area (Å²) in [6, 6.07) is 7.33. The summed E-state index contributed by atoms with van der Waals surface area (Å²) in [5.74, 6) is -0.261. The van der Waals surface area contributed by atoms with E-state index in [9.17, 15) is 4.79 Å². The van der Waals surface area contributed by atoms with Crippen LogP contribution in [0.4, 0.5) is 5.69 Å². The van der Waals surface area contributed by atoms with Crippen molar-refractivity contribution in [3.05, 3.63) is 57.3 Å². The van der Waals surface area contributed by atoms with E-state index in [2.05, 4.69) is 10.3 Å². The molecule has 98 valence electrons. The molecule has 1 heterocycles. The fourth-order valence-electron chi connectivity index (χ4n) is 1.74. The Balaban J connectivity index is 2.28. The third-order valence-electron chi connectivity index (χ3n) is 2.78. The highest BCUT2D eigenvalue weighted by Crippen LogP contribution is 2.22. The van der Waals surface area contributed by atoms with E-state index < -0.39 is 0 Å². The van der Waals surface area contributed by atoms with Gasteiger partial charge < -0.3 is 5.32 Å².